The molecule has 5 aromatic rings. The highest BCUT2D eigenvalue weighted by Gasteiger charge is 2.20. The average molecular weight is 556 g/mol. The van der Waals surface area contributed by atoms with E-state index >= 15 is 0 Å². The van der Waals surface area contributed by atoms with Gasteiger partial charge in [-0.1, -0.05) is 18.2 Å². The highest BCUT2D eigenvalue weighted by Crippen LogP contribution is 2.37. The van der Waals surface area contributed by atoms with Crippen molar-refractivity contribution < 1.29 is 13.2 Å². The minimum absolute atomic E-state index is 0.0414. The topological polar surface area (TPSA) is 143 Å². The molecule has 194 valence electrons. The number of nitrogens with one attached hydrogen (secondary N) is 2. The lowest BCUT2D eigenvalue weighted by molar-refractivity contribution is 0.480. The zero-order chi connectivity index (χ0) is 27.2. The molecule has 0 aliphatic rings. The van der Waals surface area contributed by atoms with Crippen LogP contribution in [0.25, 0.3) is 22.4 Å². The number of benzene rings is 2. The summed E-state index contributed by atoms with van der Waals surface area (Å²) in [5.41, 5.74) is 4.43. The van der Waals surface area contributed by atoms with Gasteiger partial charge in [-0.05, 0) is 60.6 Å². The van der Waals surface area contributed by atoms with E-state index in [4.69, 9.17) is 4.74 Å². The first kappa shape index (κ1) is 25.9. The monoisotopic (exact) mass is 555 g/mol. The van der Waals surface area contributed by atoms with Crippen molar-refractivity contribution in [3.05, 3.63) is 96.7 Å². The summed E-state index contributed by atoms with van der Waals surface area (Å²) in [4.78, 5) is 12.5. The molecule has 0 radical (unpaired) electrons. The molecule has 39 heavy (non-hydrogen) atoms. The lowest BCUT2D eigenvalue weighted by atomic mass is 10.0. The summed E-state index contributed by atoms with van der Waals surface area (Å²) >= 11 is 0.906. The number of sulfonamides is 1. The van der Waals surface area contributed by atoms with Gasteiger partial charge in [-0.25, -0.2) is 13.4 Å². The highest BCUT2D eigenvalue weighted by atomic mass is 32.2. The Balaban J connectivity index is 1.51. The summed E-state index contributed by atoms with van der Waals surface area (Å²) in [7, 11) is -2.08. The van der Waals surface area contributed by atoms with Gasteiger partial charge in [-0.3, -0.25) is 14.7 Å². The Bertz CT molecular complexity index is 1750. The van der Waals surface area contributed by atoms with Gasteiger partial charge in [-0.2, -0.15) is 9.64 Å². The molecule has 2 N–H and O–H groups in total. The Hall–Kier alpha value is -4.70. The van der Waals surface area contributed by atoms with Crippen molar-refractivity contribution in [1.82, 2.24) is 24.6 Å². The number of ether oxygens (including phenoxy) is 1. The molecule has 0 unspecified atom stereocenters. The first-order valence-electron chi connectivity index (χ1n) is 11.6. The number of nitriles is 1. The maximum Gasteiger partial charge on any atom is 0.263 e. The van der Waals surface area contributed by atoms with E-state index in [0.29, 0.717) is 5.75 Å². The fraction of sp³-hybridized carbons (Fsp3) is 0.0741. The van der Waals surface area contributed by atoms with E-state index in [-0.39, 0.29) is 21.3 Å². The summed E-state index contributed by atoms with van der Waals surface area (Å²) in [6.45, 7) is 0.727. The van der Waals surface area contributed by atoms with Crippen LogP contribution in [0.15, 0.2) is 90.5 Å². The number of anilines is 1. The van der Waals surface area contributed by atoms with E-state index in [9.17, 15) is 13.7 Å². The van der Waals surface area contributed by atoms with Crippen LogP contribution >= 0.6 is 11.5 Å². The van der Waals surface area contributed by atoms with Crippen molar-refractivity contribution in [2.45, 2.75) is 11.4 Å². The Morgan fingerprint density at radius 1 is 1.00 bits per heavy atom. The number of hydrogen-bond donors (Lipinski definition) is 2. The van der Waals surface area contributed by atoms with Gasteiger partial charge in [0.05, 0.1) is 22.3 Å². The molecule has 0 fully saturated rings. The minimum atomic E-state index is -3.97. The zero-order valence-corrected chi connectivity index (χ0v) is 22.2. The van der Waals surface area contributed by atoms with Crippen LogP contribution in [0.2, 0.25) is 0 Å². The van der Waals surface area contributed by atoms with Gasteiger partial charge in [0.15, 0.2) is 5.75 Å². The molecule has 0 aliphatic heterocycles. The second-order valence-electron chi connectivity index (χ2n) is 8.26. The minimum Gasteiger partial charge on any atom is -0.454 e. The van der Waals surface area contributed by atoms with E-state index in [1.807, 2.05) is 49.5 Å². The fourth-order valence-corrected chi connectivity index (χ4v) is 5.53. The van der Waals surface area contributed by atoms with Gasteiger partial charge in [0.2, 0.25) is 5.13 Å². The van der Waals surface area contributed by atoms with Gasteiger partial charge in [0, 0.05) is 41.6 Å². The van der Waals surface area contributed by atoms with E-state index in [2.05, 4.69) is 35.4 Å². The Kier molecular flexibility index (Phi) is 7.55. The van der Waals surface area contributed by atoms with E-state index in [1.54, 1.807) is 18.6 Å². The summed E-state index contributed by atoms with van der Waals surface area (Å²) < 4.78 is 37.8. The maximum absolute atomic E-state index is 12.8. The third-order valence-electron chi connectivity index (χ3n) is 5.65. The lowest BCUT2D eigenvalue weighted by Gasteiger charge is -2.15. The van der Waals surface area contributed by atoms with Crippen LogP contribution in [0, 0.1) is 11.3 Å². The third-order valence-corrected chi connectivity index (χ3v) is 7.69. The smallest absolute Gasteiger partial charge is 0.263 e. The predicted octanol–water partition coefficient (Wildman–Crippen LogP) is 4.85. The molecule has 3 aromatic heterocycles. The molecule has 10 nitrogen and oxygen atoms in total. The summed E-state index contributed by atoms with van der Waals surface area (Å²) in [6.07, 6.45) is 6.20. The third kappa shape index (κ3) is 5.91. The van der Waals surface area contributed by atoms with Crippen LogP contribution in [0.3, 0.4) is 0 Å². The van der Waals surface area contributed by atoms with E-state index in [1.165, 1.54) is 24.5 Å². The fourth-order valence-electron chi connectivity index (χ4n) is 3.85. The first-order valence-corrected chi connectivity index (χ1v) is 13.9. The molecule has 0 saturated carbocycles. The van der Waals surface area contributed by atoms with Gasteiger partial charge in [-0.15, -0.1) is 0 Å². The molecule has 0 saturated heterocycles. The van der Waals surface area contributed by atoms with Crippen LogP contribution in [0.4, 0.5) is 5.13 Å². The van der Waals surface area contributed by atoms with Gasteiger partial charge < -0.3 is 10.1 Å². The van der Waals surface area contributed by atoms with E-state index in [0.717, 1.165) is 46.0 Å². The summed E-state index contributed by atoms with van der Waals surface area (Å²) in [5.74, 6) is 0.587. The molecule has 0 atom stereocenters. The maximum atomic E-state index is 12.8. The molecular weight excluding hydrogens is 534 g/mol. The van der Waals surface area contributed by atoms with Crippen molar-refractivity contribution in [1.29, 1.82) is 5.26 Å². The number of hydrogen-bond acceptors (Lipinski definition) is 10. The van der Waals surface area contributed by atoms with E-state index < -0.39 is 10.0 Å². The molecule has 2 aromatic carbocycles. The number of nitrogens with zero attached hydrogens (tertiary/aromatic N) is 5. The van der Waals surface area contributed by atoms with Crippen molar-refractivity contribution >= 4 is 26.7 Å². The van der Waals surface area contributed by atoms with Gasteiger partial charge in [0.1, 0.15) is 18.1 Å². The summed E-state index contributed by atoms with van der Waals surface area (Å²) in [5, 5.41) is 13.1. The van der Waals surface area contributed by atoms with Crippen LogP contribution in [-0.2, 0) is 16.6 Å². The number of aromatic nitrogens is 4. The molecule has 12 heteroatoms. The second-order valence-corrected chi connectivity index (χ2v) is 10.7. The molecule has 0 aliphatic carbocycles. The van der Waals surface area contributed by atoms with Crippen LogP contribution in [0.5, 0.6) is 11.5 Å². The normalized spacial score (nSPS) is 11.1. The second kappa shape index (κ2) is 11.4. The van der Waals surface area contributed by atoms with Gasteiger partial charge in [0.25, 0.3) is 10.0 Å². The van der Waals surface area contributed by atoms with Gasteiger partial charge >= 0.3 is 0 Å². The van der Waals surface area contributed by atoms with Crippen LogP contribution in [0.1, 0.15) is 11.1 Å². The Morgan fingerprint density at radius 3 is 2.59 bits per heavy atom. The highest BCUT2D eigenvalue weighted by molar-refractivity contribution is 7.93. The van der Waals surface area contributed by atoms with Crippen molar-refractivity contribution in [2.75, 3.05) is 11.8 Å². The summed E-state index contributed by atoms with van der Waals surface area (Å²) in [6, 6.07) is 19.8. The predicted molar refractivity (Wildman–Crippen MR) is 148 cm³/mol. The first-order chi connectivity index (χ1) is 19.0. The average Bonchev–Trinajstić information content (AvgIpc) is 3.46. The molecule has 0 amide bonds. The molecule has 0 spiro atoms. The SMILES string of the molecule is CNCc1cccc(-c2cc(-c3ccncc3)c(Oc3ccc(S(=O)(=O)Nc4ncns4)cc3C#N)cn2)c1. The Morgan fingerprint density at radius 2 is 1.85 bits per heavy atom. The zero-order valence-electron chi connectivity index (χ0n) is 20.6. The van der Waals surface area contributed by atoms with Crippen molar-refractivity contribution in [2.24, 2.45) is 0 Å². The van der Waals surface area contributed by atoms with Crippen molar-refractivity contribution in [3.8, 4) is 40.0 Å². The Labute approximate surface area is 229 Å². The molecular formula is C27H21N7O3S2. The van der Waals surface area contributed by atoms with Crippen molar-refractivity contribution in [3.63, 3.8) is 0 Å². The molecule has 0 bridgehead atoms. The molecule has 5 rings (SSSR count). The van der Waals surface area contributed by atoms with Crippen LogP contribution < -0.4 is 14.8 Å². The molecule has 3 heterocycles. The number of rotatable bonds is 9. The lowest BCUT2D eigenvalue weighted by Crippen LogP contribution is -2.13. The largest absolute Gasteiger partial charge is 0.454 e. The standard InChI is InChI=1S/C27H21N7O3S2/c1-29-15-18-3-2-4-20(11-18)24-13-23(19-7-9-30-10-8-19)26(16-31-24)37-25-6-5-22(12-21(25)14-28)39(35,36)34-27-32-17-33-38-27/h2-13,16-17,29H,15H2,1H3,(H,32,33,34). The number of pyridine rings is 2. The quantitative estimate of drug-likeness (QED) is 0.261. The van der Waals surface area contributed by atoms with Crippen LogP contribution in [-0.4, -0.2) is 34.8 Å².